The standard InChI is InChI=1S/C10H18O/c1-5-10-6-7(2)8(3)9(4)11-10/h8-10H,2,5-6H2,1,3-4H3. The normalized spacial score (nSPS) is 39.2. The summed E-state index contributed by atoms with van der Waals surface area (Å²) in [6.45, 7) is 10.6. The van der Waals surface area contributed by atoms with Crippen molar-refractivity contribution in [2.45, 2.75) is 45.8 Å². The molecule has 0 aromatic rings. The van der Waals surface area contributed by atoms with Gasteiger partial charge in [-0.2, -0.15) is 0 Å². The van der Waals surface area contributed by atoms with Crippen molar-refractivity contribution in [3.05, 3.63) is 12.2 Å². The quantitative estimate of drug-likeness (QED) is 0.528. The molecule has 1 fully saturated rings. The molecule has 0 N–H and O–H groups in total. The van der Waals surface area contributed by atoms with E-state index in [1.807, 2.05) is 0 Å². The van der Waals surface area contributed by atoms with Crippen molar-refractivity contribution in [1.29, 1.82) is 0 Å². The fraction of sp³-hybridized carbons (Fsp3) is 0.800. The minimum Gasteiger partial charge on any atom is -0.374 e. The predicted molar refractivity (Wildman–Crippen MR) is 47.5 cm³/mol. The maximum atomic E-state index is 5.76. The lowest BCUT2D eigenvalue weighted by atomic mass is 9.89. The van der Waals surface area contributed by atoms with E-state index in [2.05, 4.69) is 27.4 Å². The maximum absolute atomic E-state index is 5.76. The number of ether oxygens (including phenoxy) is 1. The van der Waals surface area contributed by atoms with E-state index >= 15 is 0 Å². The Morgan fingerprint density at radius 3 is 2.64 bits per heavy atom. The molecule has 1 aliphatic rings. The summed E-state index contributed by atoms with van der Waals surface area (Å²) in [5, 5.41) is 0. The van der Waals surface area contributed by atoms with Gasteiger partial charge >= 0.3 is 0 Å². The Labute approximate surface area is 69.4 Å². The maximum Gasteiger partial charge on any atom is 0.0613 e. The first-order chi connectivity index (χ1) is 5.15. The zero-order valence-electron chi connectivity index (χ0n) is 7.76. The van der Waals surface area contributed by atoms with Crippen LogP contribution in [0.5, 0.6) is 0 Å². The third-order valence-electron chi connectivity index (χ3n) is 2.70. The molecule has 1 aliphatic heterocycles. The summed E-state index contributed by atoms with van der Waals surface area (Å²) in [4.78, 5) is 0. The van der Waals surface area contributed by atoms with Crippen molar-refractivity contribution in [2.24, 2.45) is 5.92 Å². The Bertz CT molecular complexity index is 151. The van der Waals surface area contributed by atoms with E-state index in [4.69, 9.17) is 4.74 Å². The molecule has 1 heterocycles. The van der Waals surface area contributed by atoms with Gasteiger partial charge in [0.2, 0.25) is 0 Å². The highest BCUT2D eigenvalue weighted by molar-refractivity contribution is 5.05. The van der Waals surface area contributed by atoms with Crippen LogP contribution in [-0.2, 0) is 4.74 Å². The topological polar surface area (TPSA) is 9.23 Å². The second-order valence-electron chi connectivity index (χ2n) is 3.52. The molecule has 3 unspecified atom stereocenters. The van der Waals surface area contributed by atoms with E-state index in [0.717, 1.165) is 12.8 Å². The van der Waals surface area contributed by atoms with Gasteiger partial charge < -0.3 is 4.74 Å². The summed E-state index contributed by atoms with van der Waals surface area (Å²) in [6.07, 6.45) is 2.95. The lowest BCUT2D eigenvalue weighted by Gasteiger charge is -2.34. The fourth-order valence-corrected chi connectivity index (χ4v) is 1.52. The average Bonchev–Trinajstić information content (AvgIpc) is 1.99. The Morgan fingerprint density at radius 2 is 2.18 bits per heavy atom. The Morgan fingerprint density at radius 1 is 1.55 bits per heavy atom. The molecule has 0 bridgehead atoms. The molecule has 0 saturated carbocycles. The van der Waals surface area contributed by atoms with Gasteiger partial charge in [0.1, 0.15) is 0 Å². The van der Waals surface area contributed by atoms with Crippen LogP contribution in [0, 0.1) is 5.92 Å². The molecule has 0 aromatic heterocycles. The monoisotopic (exact) mass is 154 g/mol. The summed E-state index contributed by atoms with van der Waals surface area (Å²) in [7, 11) is 0. The van der Waals surface area contributed by atoms with Crippen molar-refractivity contribution >= 4 is 0 Å². The summed E-state index contributed by atoms with van der Waals surface area (Å²) >= 11 is 0. The van der Waals surface area contributed by atoms with Gasteiger partial charge in [-0.05, 0) is 19.8 Å². The van der Waals surface area contributed by atoms with Crippen molar-refractivity contribution < 1.29 is 4.74 Å². The van der Waals surface area contributed by atoms with Crippen molar-refractivity contribution in [3.8, 4) is 0 Å². The number of hydrogen-bond acceptors (Lipinski definition) is 1. The zero-order valence-corrected chi connectivity index (χ0v) is 7.76. The van der Waals surface area contributed by atoms with Crippen LogP contribution in [-0.4, -0.2) is 12.2 Å². The molecule has 1 nitrogen and oxygen atoms in total. The molecule has 0 amide bonds. The molecular weight excluding hydrogens is 136 g/mol. The first kappa shape index (κ1) is 8.79. The Kier molecular flexibility index (Phi) is 2.72. The van der Waals surface area contributed by atoms with Gasteiger partial charge in [-0.1, -0.05) is 26.0 Å². The van der Waals surface area contributed by atoms with Gasteiger partial charge in [0.05, 0.1) is 12.2 Å². The van der Waals surface area contributed by atoms with Gasteiger partial charge in [0.25, 0.3) is 0 Å². The molecule has 64 valence electrons. The highest BCUT2D eigenvalue weighted by Crippen LogP contribution is 2.29. The second-order valence-corrected chi connectivity index (χ2v) is 3.52. The molecule has 0 radical (unpaired) electrons. The van der Waals surface area contributed by atoms with Gasteiger partial charge in [-0.25, -0.2) is 0 Å². The molecule has 0 aliphatic carbocycles. The average molecular weight is 154 g/mol. The Hall–Kier alpha value is -0.300. The highest BCUT2D eigenvalue weighted by Gasteiger charge is 2.26. The van der Waals surface area contributed by atoms with E-state index in [1.54, 1.807) is 0 Å². The molecule has 1 heteroatoms. The largest absolute Gasteiger partial charge is 0.374 e. The van der Waals surface area contributed by atoms with E-state index < -0.39 is 0 Å². The summed E-state index contributed by atoms with van der Waals surface area (Å²) in [6, 6.07) is 0. The van der Waals surface area contributed by atoms with Crippen LogP contribution in [0.2, 0.25) is 0 Å². The third-order valence-corrected chi connectivity index (χ3v) is 2.70. The molecular formula is C10H18O. The van der Waals surface area contributed by atoms with Crippen LogP contribution in [0.1, 0.15) is 33.6 Å². The van der Waals surface area contributed by atoms with Gasteiger partial charge in [0, 0.05) is 5.92 Å². The van der Waals surface area contributed by atoms with E-state index in [1.165, 1.54) is 5.57 Å². The molecule has 11 heavy (non-hydrogen) atoms. The zero-order chi connectivity index (χ0) is 8.43. The smallest absolute Gasteiger partial charge is 0.0613 e. The van der Waals surface area contributed by atoms with Gasteiger partial charge in [0.15, 0.2) is 0 Å². The fourth-order valence-electron chi connectivity index (χ4n) is 1.52. The van der Waals surface area contributed by atoms with Crippen molar-refractivity contribution in [2.75, 3.05) is 0 Å². The first-order valence-electron chi connectivity index (χ1n) is 4.48. The molecule has 1 saturated heterocycles. The van der Waals surface area contributed by atoms with Crippen LogP contribution in [0.25, 0.3) is 0 Å². The SMILES string of the molecule is C=C1CC(CC)OC(C)C1C. The van der Waals surface area contributed by atoms with Crippen LogP contribution >= 0.6 is 0 Å². The highest BCUT2D eigenvalue weighted by atomic mass is 16.5. The summed E-state index contributed by atoms with van der Waals surface area (Å²) < 4.78 is 5.76. The van der Waals surface area contributed by atoms with Gasteiger partial charge in [-0.15, -0.1) is 0 Å². The van der Waals surface area contributed by atoms with Crippen LogP contribution in [0.4, 0.5) is 0 Å². The van der Waals surface area contributed by atoms with Crippen molar-refractivity contribution in [1.82, 2.24) is 0 Å². The Balaban J connectivity index is 2.54. The van der Waals surface area contributed by atoms with Crippen LogP contribution < -0.4 is 0 Å². The van der Waals surface area contributed by atoms with E-state index in [0.29, 0.717) is 18.1 Å². The lowest BCUT2D eigenvalue weighted by Crippen LogP contribution is -2.32. The second kappa shape index (κ2) is 3.40. The molecule has 0 spiro atoms. The van der Waals surface area contributed by atoms with E-state index in [9.17, 15) is 0 Å². The minimum atomic E-state index is 0.362. The first-order valence-corrected chi connectivity index (χ1v) is 4.48. The lowest BCUT2D eigenvalue weighted by molar-refractivity contribution is -0.0463. The molecule has 3 atom stereocenters. The van der Waals surface area contributed by atoms with Crippen LogP contribution in [0.3, 0.4) is 0 Å². The number of rotatable bonds is 1. The van der Waals surface area contributed by atoms with Crippen LogP contribution in [0.15, 0.2) is 12.2 Å². The van der Waals surface area contributed by atoms with E-state index in [-0.39, 0.29) is 0 Å². The van der Waals surface area contributed by atoms with Gasteiger partial charge in [-0.3, -0.25) is 0 Å². The van der Waals surface area contributed by atoms with Crippen molar-refractivity contribution in [3.63, 3.8) is 0 Å². The minimum absolute atomic E-state index is 0.362. The summed E-state index contributed by atoms with van der Waals surface area (Å²) in [5.41, 5.74) is 1.36. The molecule has 0 aromatic carbocycles. The number of hydrogen-bond donors (Lipinski definition) is 0. The molecule has 1 rings (SSSR count). The predicted octanol–water partition coefficient (Wildman–Crippen LogP) is 2.77. The summed E-state index contributed by atoms with van der Waals surface area (Å²) in [5.74, 6) is 0.540. The third kappa shape index (κ3) is 1.84.